The maximum absolute atomic E-state index is 13.1. The predicted octanol–water partition coefficient (Wildman–Crippen LogP) is 3.78. The zero-order valence-corrected chi connectivity index (χ0v) is 17.2. The number of aromatic nitrogens is 2. The number of hydrogen-bond acceptors (Lipinski definition) is 6. The minimum atomic E-state index is -0.344. The fraction of sp³-hybridized carbons (Fsp3) is 0.136. The van der Waals surface area contributed by atoms with E-state index in [2.05, 4.69) is 10.3 Å². The summed E-state index contributed by atoms with van der Waals surface area (Å²) in [5.41, 5.74) is 1.95. The Bertz CT molecular complexity index is 1260. The number of nitrogens with one attached hydrogen (secondary N) is 1. The van der Waals surface area contributed by atoms with Crippen LogP contribution in [-0.4, -0.2) is 29.7 Å². The van der Waals surface area contributed by atoms with Crippen LogP contribution < -0.4 is 20.3 Å². The van der Waals surface area contributed by atoms with Crippen LogP contribution in [0.4, 0.5) is 5.69 Å². The number of carbonyl (C=O) groups excluding carboxylic acids is 1. The van der Waals surface area contributed by atoms with E-state index in [1.807, 2.05) is 35.7 Å². The summed E-state index contributed by atoms with van der Waals surface area (Å²) in [6.07, 6.45) is 1.40. The molecular weight excluding hydrogens is 402 g/mol. The van der Waals surface area contributed by atoms with Gasteiger partial charge in [0.1, 0.15) is 22.9 Å². The third kappa shape index (κ3) is 3.77. The lowest BCUT2D eigenvalue weighted by molar-refractivity contribution is -0.116. The number of hydrogen-bond donors (Lipinski definition) is 1. The largest absolute Gasteiger partial charge is 0.497 e. The lowest BCUT2D eigenvalue weighted by atomic mass is 10.1. The van der Waals surface area contributed by atoms with E-state index < -0.39 is 0 Å². The van der Waals surface area contributed by atoms with Gasteiger partial charge in [0.2, 0.25) is 5.91 Å². The van der Waals surface area contributed by atoms with E-state index in [-0.39, 0.29) is 18.0 Å². The Labute approximate surface area is 176 Å². The molecule has 0 aliphatic rings. The molecule has 0 bridgehead atoms. The van der Waals surface area contributed by atoms with E-state index in [0.717, 1.165) is 16.9 Å². The molecule has 0 atom stereocenters. The molecule has 30 heavy (non-hydrogen) atoms. The van der Waals surface area contributed by atoms with Crippen LogP contribution in [-0.2, 0) is 11.3 Å². The zero-order valence-electron chi connectivity index (χ0n) is 16.4. The van der Waals surface area contributed by atoms with Crippen molar-refractivity contribution in [2.24, 2.45) is 0 Å². The molecule has 4 aromatic rings. The van der Waals surface area contributed by atoms with Gasteiger partial charge in [0.15, 0.2) is 0 Å². The molecule has 0 aliphatic carbocycles. The number of fused-ring (bicyclic) bond motifs is 1. The van der Waals surface area contributed by atoms with Crippen molar-refractivity contribution in [3.63, 3.8) is 0 Å². The molecule has 0 saturated heterocycles. The van der Waals surface area contributed by atoms with Gasteiger partial charge >= 0.3 is 0 Å². The van der Waals surface area contributed by atoms with Crippen molar-refractivity contribution >= 4 is 33.1 Å². The lowest BCUT2D eigenvalue weighted by Crippen LogP contribution is -2.27. The third-order valence-electron chi connectivity index (χ3n) is 4.66. The Morgan fingerprint density at radius 2 is 1.87 bits per heavy atom. The molecule has 4 rings (SSSR count). The van der Waals surface area contributed by atoms with Crippen LogP contribution in [0.3, 0.4) is 0 Å². The molecule has 0 spiro atoms. The molecule has 1 amide bonds. The number of anilines is 1. The summed E-state index contributed by atoms with van der Waals surface area (Å²) < 4.78 is 11.8. The number of methoxy groups -OCH3 is 2. The smallest absolute Gasteiger partial charge is 0.263 e. The lowest BCUT2D eigenvalue weighted by Gasteiger charge is -2.11. The fourth-order valence-corrected chi connectivity index (χ4v) is 4.06. The molecule has 0 radical (unpaired) electrons. The van der Waals surface area contributed by atoms with E-state index in [9.17, 15) is 9.59 Å². The molecule has 0 unspecified atom stereocenters. The Hall–Kier alpha value is -3.65. The van der Waals surface area contributed by atoms with Crippen LogP contribution in [0.1, 0.15) is 0 Å². The van der Waals surface area contributed by atoms with Crippen LogP contribution >= 0.6 is 11.3 Å². The summed E-state index contributed by atoms with van der Waals surface area (Å²) in [5, 5.41) is 5.18. The molecule has 1 N–H and O–H groups in total. The van der Waals surface area contributed by atoms with E-state index in [1.165, 1.54) is 29.3 Å². The number of thiophene rings is 1. The number of rotatable bonds is 6. The molecule has 152 valence electrons. The summed E-state index contributed by atoms with van der Waals surface area (Å²) in [6, 6.07) is 14.6. The standard InChI is InChI=1S/C22H19N3O4S/c1-28-15-9-7-14(8-10-15)16-12-30-21-20(16)22(27)25(13-23-21)11-19(26)24-17-5-3-4-6-18(17)29-2/h3-10,12-13H,11H2,1-2H3,(H,24,26). The molecule has 0 fully saturated rings. The Morgan fingerprint density at radius 1 is 1.10 bits per heavy atom. The first-order chi connectivity index (χ1) is 14.6. The third-order valence-corrected chi connectivity index (χ3v) is 5.54. The predicted molar refractivity (Wildman–Crippen MR) is 117 cm³/mol. The van der Waals surface area contributed by atoms with Crippen molar-refractivity contribution in [3.05, 3.63) is 70.6 Å². The van der Waals surface area contributed by atoms with Crippen molar-refractivity contribution in [2.75, 3.05) is 19.5 Å². The highest BCUT2D eigenvalue weighted by Crippen LogP contribution is 2.31. The topological polar surface area (TPSA) is 82.5 Å². The molecule has 0 saturated carbocycles. The van der Waals surface area contributed by atoms with Gasteiger partial charge < -0.3 is 14.8 Å². The molecule has 2 aromatic heterocycles. The zero-order chi connectivity index (χ0) is 21.1. The average molecular weight is 421 g/mol. The highest BCUT2D eigenvalue weighted by Gasteiger charge is 2.15. The van der Waals surface area contributed by atoms with Crippen LogP contribution in [0, 0.1) is 0 Å². The van der Waals surface area contributed by atoms with Gasteiger partial charge in [-0.1, -0.05) is 24.3 Å². The quantitative estimate of drug-likeness (QED) is 0.512. The summed E-state index contributed by atoms with van der Waals surface area (Å²) in [6.45, 7) is -0.155. The molecule has 7 nitrogen and oxygen atoms in total. The number of benzene rings is 2. The Balaban J connectivity index is 1.64. The number of ether oxygens (including phenoxy) is 2. The second-order valence-corrected chi connectivity index (χ2v) is 7.34. The second kappa shape index (κ2) is 8.38. The van der Waals surface area contributed by atoms with Gasteiger partial charge in [-0.15, -0.1) is 11.3 Å². The number of para-hydroxylation sites is 2. The number of amides is 1. The highest BCUT2D eigenvalue weighted by atomic mass is 32.1. The van der Waals surface area contributed by atoms with Gasteiger partial charge in [-0.05, 0) is 29.8 Å². The first-order valence-electron chi connectivity index (χ1n) is 9.14. The minimum Gasteiger partial charge on any atom is -0.497 e. The Morgan fingerprint density at radius 3 is 2.60 bits per heavy atom. The molecule has 0 aliphatic heterocycles. The van der Waals surface area contributed by atoms with Gasteiger partial charge in [0, 0.05) is 10.9 Å². The summed E-state index contributed by atoms with van der Waals surface area (Å²) in [7, 11) is 3.14. The fourth-order valence-electron chi connectivity index (χ4n) is 3.16. The van der Waals surface area contributed by atoms with Gasteiger partial charge in [0.05, 0.1) is 31.6 Å². The van der Waals surface area contributed by atoms with Gasteiger partial charge in [-0.25, -0.2) is 4.98 Å². The van der Waals surface area contributed by atoms with Gasteiger partial charge in [0.25, 0.3) is 5.56 Å². The first kappa shape index (κ1) is 19.7. The van der Waals surface area contributed by atoms with Crippen LogP contribution in [0.5, 0.6) is 11.5 Å². The maximum atomic E-state index is 13.1. The van der Waals surface area contributed by atoms with E-state index in [4.69, 9.17) is 9.47 Å². The van der Waals surface area contributed by atoms with Crippen molar-refractivity contribution < 1.29 is 14.3 Å². The molecular formula is C22H19N3O4S. The summed E-state index contributed by atoms with van der Waals surface area (Å²) in [5.74, 6) is 0.942. The summed E-state index contributed by atoms with van der Waals surface area (Å²) >= 11 is 1.40. The van der Waals surface area contributed by atoms with Crippen molar-refractivity contribution in [3.8, 4) is 22.6 Å². The highest BCUT2D eigenvalue weighted by molar-refractivity contribution is 7.17. The first-order valence-corrected chi connectivity index (χ1v) is 10.0. The van der Waals surface area contributed by atoms with Crippen LogP contribution in [0.2, 0.25) is 0 Å². The minimum absolute atomic E-state index is 0.155. The maximum Gasteiger partial charge on any atom is 0.263 e. The number of carbonyl (C=O) groups is 1. The molecule has 2 heterocycles. The van der Waals surface area contributed by atoms with Crippen molar-refractivity contribution in [1.82, 2.24) is 9.55 Å². The van der Waals surface area contributed by atoms with Crippen molar-refractivity contribution in [1.29, 1.82) is 0 Å². The normalized spacial score (nSPS) is 10.7. The van der Waals surface area contributed by atoms with Crippen LogP contribution in [0.15, 0.2) is 65.0 Å². The van der Waals surface area contributed by atoms with Crippen LogP contribution in [0.25, 0.3) is 21.3 Å². The molecule has 8 heteroatoms. The van der Waals surface area contributed by atoms with Crippen molar-refractivity contribution in [2.45, 2.75) is 6.54 Å². The number of nitrogens with zero attached hydrogens (tertiary/aromatic N) is 2. The van der Waals surface area contributed by atoms with Gasteiger partial charge in [-0.2, -0.15) is 0 Å². The Kier molecular flexibility index (Phi) is 5.49. The van der Waals surface area contributed by atoms with Gasteiger partial charge in [-0.3, -0.25) is 14.2 Å². The summed E-state index contributed by atoms with van der Waals surface area (Å²) in [4.78, 5) is 30.7. The SMILES string of the molecule is COc1ccc(-c2csc3ncn(CC(=O)Nc4ccccc4OC)c(=O)c23)cc1. The van der Waals surface area contributed by atoms with E-state index in [0.29, 0.717) is 21.7 Å². The molecule has 2 aromatic carbocycles. The average Bonchev–Trinajstić information content (AvgIpc) is 3.21. The van der Waals surface area contributed by atoms with E-state index >= 15 is 0 Å². The second-order valence-electron chi connectivity index (χ2n) is 6.48. The monoisotopic (exact) mass is 421 g/mol. The van der Waals surface area contributed by atoms with E-state index in [1.54, 1.807) is 25.3 Å².